The zero-order valence-electron chi connectivity index (χ0n) is 6.15. The summed E-state index contributed by atoms with van der Waals surface area (Å²) in [5.41, 5.74) is 8.38. The standard InChI is InChI=1S/C7H8N2O3/c8-6-3-5(9-12-4-10)1-2-7(6)11/h1-4,9,11H,8H2. The lowest BCUT2D eigenvalue weighted by Crippen LogP contribution is -1.98. The monoisotopic (exact) mass is 168 g/mol. The van der Waals surface area contributed by atoms with Crippen molar-refractivity contribution in [1.82, 2.24) is 0 Å². The molecule has 0 aliphatic rings. The van der Waals surface area contributed by atoms with Gasteiger partial charge in [0.05, 0.1) is 11.4 Å². The number of carbonyl (C=O) groups excluding carboxylic acids is 1. The summed E-state index contributed by atoms with van der Waals surface area (Å²) in [6, 6.07) is 4.36. The average Bonchev–Trinajstić information content (AvgIpc) is 2.07. The number of carbonyl (C=O) groups is 1. The lowest BCUT2D eigenvalue weighted by Gasteiger charge is -2.03. The Bertz CT molecular complexity index is 288. The number of hydrogen-bond acceptors (Lipinski definition) is 5. The number of nitrogens with one attached hydrogen (secondary N) is 1. The van der Waals surface area contributed by atoms with E-state index < -0.39 is 0 Å². The van der Waals surface area contributed by atoms with Crippen molar-refractivity contribution in [3.8, 4) is 5.75 Å². The van der Waals surface area contributed by atoms with Crippen LogP contribution in [0.1, 0.15) is 0 Å². The molecule has 0 aromatic heterocycles. The maximum Gasteiger partial charge on any atom is 0.320 e. The van der Waals surface area contributed by atoms with E-state index in [0.717, 1.165) is 0 Å². The number of aromatic hydroxyl groups is 1. The van der Waals surface area contributed by atoms with Crippen LogP contribution in [0.15, 0.2) is 18.2 Å². The summed E-state index contributed by atoms with van der Waals surface area (Å²) in [4.78, 5) is 14.0. The maximum absolute atomic E-state index is 9.76. The molecule has 0 aliphatic carbocycles. The minimum Gasteiger partial charge on any atom is -0.506 e. The zero-order valence-corrected chi connectivity index (χ0v) is 6.15. The van der Waals surface area contributed by atoms with Crippen LogP contribution in [0, 0.1) is 0 Å². The fourth-order valence-corrected chi connectivity index (χ4v) is 0.710. The molecule has 0 atom stereocenters. The highest BCUT2D eigenvalue weighted by Crippen LogP contribution is 2.22. The summed E-state index contributed by atoms with van der Waals surface area (Å²) in [5.74, 6) is -0.00773. The molecule has 0 heterocycles. The van der Waals surface area contributed by atoms with Crippen molar-refractivity contribution in [1.29, 1.82) is 0 Å². The molecule has 5 heteroatoms. The molecule has 4 N–H and O–H groups in total. The van der Waals surface area contributed by atoms with Crippen molar-refractivity contribution < 1.29 is 14.7 Å². The van der Waals surface area contributed by atoms with Crippen molar-refractivity contribution in [2.75, 3.05) is 11.2 Å². The number of hydrogen-bond donors (Lipinski definition) is 3. The first-order chi connectivity index (χ1) is 5.74. The molecule has 1 aromatic carbocycles. The highest BCUT2D eigenvalue weighted by atomic mass is 16.7. The van der Waals surface area contributed by atoms with Gasteiger partial charge in [-0.05, 0) is 18.2 Å². The van der Waals surface area contributed by atoms with Crippen LogP contribution in [0.2, 0.25) is 0 Å². The largest absolute Gasteiger partial charge is 0.506 e. The van der Waals surface area contributed by atoms with E-state index >= 15 is 0 Å². The van der Waals surface area contributed by atoms with Crippen molar-refractivity contribution in [2.24, 2.45) is 0 Å². The van der Waals surface area contributed by atoms with Crippen molar-refractivity contribution in [2.45, 2.75) is 0 Å². The van der Waals surface area contributed by atoms with Crippen LogP contribution in [-0.4, -0.2) is 11.6 Å². The smallest absolute Gasteiger partial charge is 0.320 e. The lowest BCUT2D eigenvalue weighted by molar-refractivity contribution is -0.126. The normalized spacial score (nSPS) is 9.00. The van der Waals surface area contributed by atoms with E-state index in [2.05, 4.69) is 10.3 Å². The molecular weight excluding hydrogens is 160 g/mol. The van der Waals surface area contributed by atoms with Gasteiger partial charge in [0.1, 0.15) is 5.75 Å². The van der Waals surface area contributed by atoms with Crippen molar-refractivity contribution >= 4 is 17.8 Å². The first-order valence-corrected chi connectivity index (χ1v) is 3.18. The van der Waals surface area contributed by atoms with Crippen LogP contribution in [0.3, 0.4) is 0 Å². The molecule has 64 valence electrons. The highest BCUT2D eigenvalue weighted by molar-refractivity contribution is 5.61. The first kappa shape index (κ1) is 8.19. The van der Waals surface area contributed by atoms with Gasteiger partial charge >= 0.3 is 6.47 Å². The van der Waals surface area contributed by atoms with Gasteiger partial charge in [0.15, 0.2) is 0 Å². The highest BCUT2D eigenvalue weighted by Gasteiger charge is 1.97. The predicted molar refractivity (Wildman–Crippen MR) is 43.3 cm³/mol. The van der Waals surface area contributed by atoms with Crippen LogP contribution in [-0.2, 0) is 9.63 Å². The number of benzene rings is 1. The number of nitrogens with two attached hydrogens (primary N) is 1. The maximum atomic E-state index is 9.76. The van der Waals surface area contributed by atoms with Crippen molar-refractivity contribution in [3.05, 3.63) is 18.2 Å². The summed E-state index contributed by atoms with van der Waals surface area (Å²) >= 11 is 0. The summed E-state index contributed by atoms with van der Waals surface area (Å²) in [6.45, 7) is 0.253. The number of rotatable bonds is 3. The molecule has 0 fully saturated rings. The molecule has 0 saturated heterocycles. The lowest BCUT2D eigenvalue weighted by atomic mass is 10.3. The Morgan fingerprint density at radius 2 is 2.33 bits per heavy atom. The van der Waals surface area contributed by atoms with E-state index in [0.29, 0.717) is 5.69 Å². The van der Waals surface area contributed by atoms with E-state index in [4.69, 9.17) is 10.8 Å². The van der Waals surface area contributed by atoms with Gasteiger partial charge in [-0.1, -0.05) is 0 Å². The molecule has 1 aromatic rings. The topological polar surface area (TPSA) is 84.6 Å². The van der Waals surface area contributed by atoms with E-state index in [-0.39, 0.29) is 17.9 Å². The number of nitrogen functional groups attached to an aromatic ring is 1. The van der Waals surface area contributed by atoms with E-state index in [9.17, 15) is 4.79 Å². The fraction of sp³-hybridized carbons (Fsp3) is 0. The summed E-state index contributed by atoms with van der Waals surface area (Å²) in [6.07, 6.45) is 0. The average molecular weight is 168 g/mol. The molecule has 0 aliphatic heterocycles. The van der Waals surface area contributed by atoms with Crippen LogP contribution in [0.25, 0.3) is 0 Å². The summed E-state index contributed by atoms with van der Waals surface area (Å²) < 4.78 is 0. The quantitative estimate of drug-likeness (QED) is 0.201. The molecule has 5 nitrogen and oxygen atoms in total. The Balaban J connectivity index is 2.75. The van der Waals surface area contributed by atoms with Gasteiger partial charge in [-0.15, -0.1) is 0 Å². The minimum atomic E-state index is -0.00773. The van der Waals surface area contributed by atoms with Gasteiger partial charge in [-0.3, -0.25) is 4.79 Å². The van der Waals surface area contributed by atoms with E-state index in [1.165, 1.54) is 18.2 Å². The molecule has 1 rings (SSSR count). The molecule has 0 unspecified atom stereocenters. The second-order valence-corrected chi connectivity index (χ2v) is 2.09. The molecule has 0 amide bonds. The Morgan fingerprint density at radius 1 is 1.58 bits per heavy atom. The Morgan fingerprint density at radius 3 is 2.92 bits per heavy atom. The molecule has 0 radical (unpaired) electrons. The Hall–Kier alpha value is -1.91. The van der Waals surface area contributed by atoms with Crippen LogP contribution in [0.4, 0.5) is 11.4 Å². The van der Waals surface area contributed by atoms with Crippen LogP contribution >= 0.6 is 0 Å². The summed E-state index contributed by atoms with van der Waals surface area (Å²) in [5, 5.41) is 9.01. The second kappa shape index (κ2) is 3.47. The third kappa shape index (κ3) is 1.79. The van der Waals surface area contributed by atoms with Gasteiger partial charge < -0.3 is 15.7 Å². The number of phenolic OH excluding ortho intramolecular Hbond substituents is 1. The van der Waals surface area contributed by atoms with Crippen LogP contribution in [0.5, 0.6) is 5.75 Å². The van der Waals surface area contributed by atoms with Gasteiger partial charge in [0, 0.05) is 0 Å². The fourth-order valence-electron chi connectivity index (χ4n) is 0.710. The third-order valence-corrected chi connectivity index (χ3v) is 1.25. The van der Waals surface area contributed by atoms with Gasteiger partial charge in [0.2, 0.25) is 0 Å². The Labute approximate surface area is 68.7 Å². The molecule has 12 heavy (non-hydrogen) atoms. The minimum absolute atomic E-state index is 0.00773. The third-order valence-electron chi connectivity index (χ3n) is 1.25. The SMILES string of the molecule is Nc1cc(NOC=O)ccc1O. The first-order valence-electron chi connectivity index (χ1n) is 3.18. The molecule has 0 saturated carbocycles. The van der Waals surface area contributed by atoms with Gasteiger partial charge in [-0.2, -0.15) is 0 Å². The molecule has 0 bridgehead atoms. The molecule has 0 spiro atoms. The van der Waals surface area contributed by atoms with Crippen LogP contribution < -0.4 is 11.2 Å². The van der Waals surface area contributed by atoms with E-state index in [1.54, 1.807) is 0 Å². The van der Waals surface area contributed by atoms with Gasteiger partial charge in [0.25, 0.3) is 0 Å². The number of phenols is 1. The van der Waals surface area contributed by atoms with Crippen molar-refractivity contribution in [3.63, 3.8) is 0 Å². The number of anilines is 2. The zero-order chi connectivity index (χ0) is 8.97. The Kier molecular flexibility index (Phi) is 2.37. The van der Waals surface area contributed by atoms with E-state index in [1.807, 2.05) is 0 Å². The van der Waals surface area contributed by atoms with Gasteiger partial charge in [-0.25, -0.2) is 5.48 Å². The predicted octanol–water partition coefficient (Wildman–Crippen LogP) is 0.474. The molecular formula is C7H8N2O3. The second-order valence-electron chi connectivity index (χ2n) is 2.09. The summed E-state index contributed by atoms with van der Waals surface area (Å²) in [7, 11) is 0.